The largest absolute Gasteiger partial charge is 0.378 e. The monoisotopic (exact) mass is 232 g/mol. The summed E-state index contributed by atoms with van der Waals surface area (Å²) < 4.78 is 0. The number of ketones is 1. The van der Waals surface area contributed by atoms with Crippen LogP contribution >= 0.6 is 0 Å². The molecular formula is C13H16N2O2. The third kappa shape index (κ3) is 3.31. The van der Waals surface area contributed by atoms with E-state index < -0.39 is 0 Å². The minimum absolute atomic E-state index is 0.0550. The van der Waals surface area contributed by atoms with Gasteiger partial charge in [0.2, 0.25) is 0 Å². The zero-order chi connectivity index (χ0) is 12.1. The number of amides is 1. The first kappa shape index (κ1) is 11.6. The standard InChI is InChI=1S/C13H16N2O2/c16-12-6-1-2-7-14-13(17)10-4-3-5-11(8-10)15-9-12/h3-5,8,15H,1-2,6-7,9H2,(H,14,17). The van der Waals surface area contributed by atoms with Gasteiger partial charge in [0, 0.05) is 24.2 Å². The van der Waals surface area contributed by atoms with Crippen molar-refractivity contribution >= 4 is 17.4 Å². The van der Waals surface area contributed by atoms with Crippen LogP contribution in [0.4, 0.5) is 5.69 Å². The summed E-state index contributed by atoms with van der Waals surface area (Å²) in [7, 11) is 0. The molecule has 2 bridgehead atoms. The molecule has 1 heterocycles. The Balaban J connectivity index is 2.17. The van der Waals surface area contributed by atoms with Gasteiger partial charge in [-0.15, -0.1) is 0 Å². The van der Waals surface area contributed by atoms with E-state index in [1.165, 1.54) is 0 Å². The number of benzene rings is 1. The van der Waals surface area contributed by atoms with E-state index in [2.05, 4.69) is 10.6 Å². The van der Waals surface area contributed by atoms with E-state index in [1.54, 1.807) is 12.1 Å². The SMILES string of the molecule is O=C1CCCCNC(=O)c2cccc(c2)NC1. The Morgan fingerprint density at radius 3 is 2.82 bits per heavy atom. The summed E-state index contributed by atoms with van der Waals surface area (Å²) in [4.78, 5) is 23.3. The summed E-state index contributed by atoms with van der Waals surface area (Å²) in [6.07, 6.45) is 2.24. The van der Waals surface area contributed by atoms with Crippen LogP contribution in [-0.4, -0.2) is 24.8 Å². The van der Waals surface area contributed by atoms with Crippen LogP contribution in [0.2, 0.25) is 0 Å². The third-order valence-electron chi connectivity index (χ3n) is 2.78. The van der Waals surface area contributed by atoms with Crippen LogP contribution in [0.5, 0.6) is 0 Å². The van der Waals surface area contributed by atoms with Gasteiger partial charge >= 0.3 is 0 Å². The van der Waals surface area contributed by atoms with Gasteiger partial charge in [0.05, 0.1) is 6.54 Å². The molecule has 17 heavy (non-hydrogen) atoms. The Hall–Kier alpha value is -1.84. The van der Waals surface area contributed by atoms with Gasteiger partial charge in [-0.3, -0.25) is 9.59 Å². The number of anilines is 1. The smallest absolute Gasteiger partial charge is 0.251 e. The fourth-order valence-corrected chi connectivity index (χ4v) is 1.81. The lowest BCUT2D eigenvalue weighted by Gasteiger charge is -2.10. The van der Waals surface area contributed by atoms with Gasteiger partial charge in [0.25, 0.3) is 5.91 Å². The summed E-state index contributed by atoms with van der Waals surface area (Å²) in [6, 6.07) is 7.21. The molecule has 1 amide bonds. The number of carbonyl (C=O) groups is 2. The molecule has 1 aromatic rings. The minimum atomic E-state index is -0.0550. The normalized spacial score (nSPS) is 17.4. The predicted octanol–water partition coefficient (Wildman–Crippen LogP) is 1.58. The highest BCUT2D eigenvalue weighted by Gasteiger charge is 2.08. The minimum Gasteiger partial charge on any atom is -0.378 e. The van der Waals surface area contributed by atoms with E-state index in [4.69, 9.17) is 0 Å². The van der Waals surface area contributed by atoms with Crippen molar-refractivity contribution in [2.45, 2.75) is 19.3 Å². The molecule has 0 unspecified atom stereocenters. The summed E-state index contributed by atoms with van der Waals surface area (Å²) in [5, 5.41) is 5.89. The summed E-state index contributed by atoms with van der Waals surface area (Å²) >= 11 is 0. The molecule has 1 aliphatic heterocycles. The lowest BCUT2D eigenvalue weighted by Crippen LogP contribution is -2.25. The van der Waals surface area contributed by atoms with E-state index in [0.29, 0.717) is 25.1 Å². The number of carbonyl (C=O) groups excluding carboxylic acids is 2. The summed E-state index contributed by atoms with van der Waals surface area (Å²) in [5.74, 6) is 0.155. The second kappa shape index (κ2) is 5.48. The first-order chi connectivity index (χ1) is 8.25. The molecule has 0 aromatic heterocycles. The molecular weight excluding hydrogens is 216 g/mol. The number of hydrogen-bond donors (Lipinski definition) is 2. The molecule has 4 heteroatoms. The Labute approximate surface area is 100 Å². The predicted molar refractivity (Wildman–Crippen MR) is 66.1 cm³/mol. The number of fused-ring (bicyclic) bond motifs is 2. The van der Waals surface area contributed by atoms with Crippen LogP contribution in [0.3, 0.4) is 0 Å². The van der Waals surface area contributed by atoms with Crippen molar-refractivity contribution in [3.63, 3.8) is 0 Å². The number of rotatable bonds is 0. The lowest BCUT2D eigenvalue weighted by molar-refractivity contribution is -0.117. The Morgan fingerprint density at radius 1 is 1.06 bits per heavy atom. The highest BCUT2D eigenvalue weighted by atomic mass is 16.1. The van der Waals surface area contributed by atoms with Crippen LogP contribution in [0.15, 0.2) is 24.3 Å². The van der Waals surface area contributed by atoms with Crippen molar-refractivity contribution in [1.29, 1.82) is 0 Å². The zero-order valence-electron chi connectivity index (χ0n) is 9.66. The second-order valence-corrected chi connectivity index (χ2v) is 4.19. The van der Waals surface area contributed by atoms with E-state index in [1.807, 2.05) is 12.1 Å². The number of Topliss-reactive ketones (excluding diaryl/α,β-unsaturated/α-hetero) is 1. The Bertz CT molecular complexity index is 429. The van der Waals surface area contributed by atoms with E-state index in [-0.39, 0.29) is 11.7 Å². The van der Waals surface area contributed by atoms with Crippen molar-refractivity contribution in [2.75, 3.05) is 18.4 Å². The fraction of sp³-hybridized carbons (Fsp3) is 0.385. The quantitative estimate of drug-likeness (QED) is 0.714. The fourth-order valence-electron chi connectivity index (χ4n) is 1.81. The molecule has 2 rings (SSSR count). The zero-order valence-corrected chi connectivity index (χ0v) is 9.66. The topological polar surface area (TPSA) is 58.2 Å². The van der Waals surface area contributed by atoms with E-state index >= 15 is 0 Å². The van der Waals surface area contributed by atoms with Gasteiger partial charge in [0.1, 0.15) is 0 Å². The number of nitrogens with one attached hydrogen (secondary N) is 2. The molecule has 0 radical (unpaired) electrons. The Kier molecular flexibility index (Phi) is 3.75. The van der Waals surface area contributed by atoms with Gasteiger partial charge in [-0.05, 0) is 31.0 Å². The molecule has 0 aliphatic carbocycles. The van der Waals surface area contributed by atoms with Crippen LogP contribution in [0.25, 0.3) is 0 Å². The molecule has 90 valence electrons. The van der Waals surface area contributed by atoms with Crippen molar-refractivity contribution in [3.8, 4) is 0 Å². The van der Waals surface area contributed by atoms with Gasteiger partial charge in [-0.2, -0.15) is 0 Å². The average molecular weight is 232 g/mol. The molecule has 2 N–H and O–H groups in total. The summed E-state index contributed by atoms with van der Waals surface area (Å²) in [5.41, 5.74) is 1.44. The molecule has 4 nitrogen and oxygen atoms in total. The van der Waals surface area contributed by atoms with E-state index in [0.717, 1.165) is 18.5 Å². The van der Waals surface area contributed by atoms with Crippen LogP contribution < -0.4 is 10.6 Å². The van der Waals surface area contributed by atoms with Crippen molar-refractivity contribution < 1.29 is 9.59 Å². The maximum Gasteiger partial charge on any atom is 0.251 e. The van der Waals surface area contributed by atoms with Crippen molar-refractivity contribution in [3.05, 3.63) is 29.8 Å². The van der Waals surface area contributed by atoms with Crippen molar-refractivity contribution in [1.82, 2.24) is 5.32 Å². The van der Waals surface area contributed by atoms with Crippen LogP contribution in [-0.2, 0) is 4.79 Å². The Morgan fingerprint density at radius 2 is 1.94 bits per heavy atom. The van der Waals surface area contributed by atoms with Crippen LogP contribution in [0, 0.1) is 0 Å². The highest BCUT2D eigenvalue weighted by Crippen LogP contribution is 2.11. The average Bonchev–Trinajstić information content (AvgIpc) is 2.35. The molecule has 0 saturated heterocycles. The van der Waals surface area contributed by atoms with E-state index in [9.17, 15) is 9.59 Å². The maximum atomic E-state index is 11.8. The van der Waals surface area contributed by atoms with Gasteiger partial charge in [-0.1, -0.05) is 6.07 Å². The maximum absolute atomic E-state index is 11.8. The molecule has 0 fully saturated rings. The molecule has 1 aliphatic rings. The molecule has 0 atom stereocenters. The third-order valence-corrected chi connectivity index (χ3v) is 2.78. The second-order valence-electron chi connectivity index (χ2n) is 4.19. The first-order valence-electron chi connectivity index (χ1n) is 5.89. The molecule has 0 spiro atoms. The molecule has 1 aromatic carbocycles. The highest BCUT2D eigenvalue weighted by molar-refractivity contribution is 5.95. The molecule has 0 saturated carbocycles. The van der Waals surface area contributed by atoms with Crippen LogP contribution in [0.1, 0.15) is 29.6 Å². The van der Waals surface area contributed by atoms with Gasteiger partial charge in [0.15, 0.2) is 5.78 Å². The first-order valence-corrected chi connectivity index (χ1v) is 5.89. The summed E-state index contributed by atoms with van der Waals surface area (Å²) in [6.45, 7) is 0.967. The number of hydrogen-bond acceptors (Lipinski definition) is 3. The lowest BCUT2D eigenvalue weighted by atomic mass is 10.1. The van der Waals surface area contributed by atoms with Gasteiger partial charge < -0.3 is 10.6 Å². The van der Waals surface area contributed by atoms with Gasteiger partial charge in [-0.25, -0.2) is 0 Å². The van der Waals surface area contributed by atoms with Crippen molar-refractivity contribution in [2.24, 2.45) is 0 Å².